The fourth-order valence-corrected chi connectivity index (χ4v) is 2.30. The third-order valence-electron chi connectivity index (χ3n) is 3.35. The van der Waals surface area contributed by atoms with Crippen LogP contribution in [0, 0.1) is 0 Å². The van der Waals surface area contributed by atoms with E-state index in [0.717, 1.165) is 35.9 Å². The molecule has 0 fully saturated rings. The Morgan fingerprint density at radius 3 is 2.84 bits per heavy atom. The first kappa shape index (κ1) is 13.7. The van der Waals surface area contributed by atoms with Crippen LogP contribution in [0.25, 0.3) is 11.0 Å². The van der Waals surface area contributed by atoms with Crippen molar-refractivity contribution in [2.75, 3.05) is 0 Å². The van der Waals surface area contributed by atoms with Crippen LogP contribution in [0.5, 0.6) is 0 Å². The molecule has 1 aromatic heterocycles. The van der Waals surface area contributed by atoms with Gasteiger partial charge in [0.2, 0.25) is 0 Å². The van der Waals surface area contributed by atoms with E-state index in [1.807, 2.05) is 18.2 Å². The van der Waals surface area contributed by atoms with Gasteiger partial charge in [0.05, 0.1) is 11.0 Å². The van der Waals surface area contributed by atoms with Crippen molar-refractivity contribution in [2.24, 2.45) is 5.73 Å². The topological polar surface area (TPSA) is 51.8 Å². The number of hydrogen-bond donors (Lipinski definition) is 1. The Morgan fingerprint density at radius 2 is 2.00 bits per heavy atom. The highest BCUT2D eigenvalue weighted by atomic mass is 14.8. The molecule has 100 valence electrons. The molecule has 0 spiro atoms. The average molecular weight is 255 g/mol. The Hall–Kier alpha value is -1.74. The Morgan fingerprint density at radius 1 is 1.16 bits per heavy atom. The number of aromatic nitrogens is 2. The van der Waals surface area contributed by atoms with Crippen LogP contribution in [0.4, 0.5) is 0 Å². The number of para-hydroxylation sites is 1. The zero-order chi connectivity index (χ0) is 13.5. The summed E-state index contributed by atoms with van der Waals surface area (Å²) in [6.45, 7) is 3.74. The summed E-state index contributed by atoms with van der Waals surface area (Å²) in [5.74, 6) is 0. The predicted octanol–water partition coefficient (Wildman–Crippen LogP) is 3.77. The van der Waals surface area contributed by atoms with Gasteiger partial charge < -0.3 is 5.73 Å². The highest BCUT2D eigenvalue weighted by Gasteiger charge is 2.10. The Balaban J connectivity index is 2.01. The number of nitrogens with two attached hydrogens (primary N) is 1. The average Bonchev–Trinajstić information content (AvgIpc) is 2.46. The second-order valence-electron chi connectivity index (χ2n) is 4.80. The summed E-state index contributed by atoms with van der Waals surface area (Å²) in [5.41, 5.74) is 9.25. The molecule has 0 bridgehead atoms. The lowest BCUT2D eigenvalue weighted by molar-refractivity contribution is 0.574. The summed E-state index contributed by atoms with van der Waals surface area (Å²) in [6.07, 6.45) is 11.0. The van der Waals surface area contributed by atoms with Gasteiger partial charge in [-0.1, -0.05) is 31.1 Å². The second-order valence-corrected chi connectivity index (χ2v) is 4.80. The molecule has 0 amide bonds. The highest BCUT2D eigenvalue weighted by Crippen LogP contribution is 2.23. The summed E-state index contributed by atoms with van der Waals surface area (Å²) in [5, 5.41) is 0. The molecule has 0 saturated carbocycles. The van der Waals surface area contributed by atoms with Crippen LogP contribution in [-0.2, 0) is 0 Å². The number of unbranched alkanes of at least 4 members (excludes halogenated alkanes) is 3. The minimum Gasteiger partial charge on any atom is -0.324 e. The van der Waals surface area contributed by atoms with Gasteiger partial charge in [-0.3, -0.25) is 9.97 Å². The first-order chi connectivity index (χ1) is 9.33. The number of benzene rings is 1. The molecule has 3 nitrogen and oxygen atoms in total. The highest BCUT2D eigenvalue weighted by molar-refractivity contribution is 5.77. The molecule has 2 N–H and O–H groups in total. The molecule has 1 heterocycles. The van der Waals surface area contributed by atoms with Gasteiger partial charge in [0, 0.05) is 18.4 Å². The van der Waals surface area contributed by atoms with Crippen LogP contribution in [0.1, 0.15) is 43.7 Å². The Bertz CT molecular complexity index is 531. The molecule has 19 heavy (non-hydrogen) atoms. The third kappa shape index (κ3) is 3.61. The molecular weight excluding hydrogens is 234 g/mol. The van der Waals surface area contributed by atoms with Gasteiger partial charge in [0.1, 0.15) is 0 Å². The molecule has 0 aliphatic rings. The summed E-state index contributed by atoms with van der Waals surface area (Å²) in [7, 11) is 0. The maximum absolute atomic E-state index is 6.29. The van der Waals surface area contributed by atoms with Gasteiger partial charge in [0.15, 0.2) is 0 Å². The Kier molecular flexibility index (Phi) is 5.04. The minimum absolute atomic E-state index is 0.0455. The predicted molar refractivity (Wildman–Crippen MR) is 79.7 cm³/mol. The summed E-state index contributed by atoms with van der Waals surface area (Å²) >= 11 is 0. The van der Waals surface area contributed by atoms with E-state index in [1.165, 1.54) is 12.8 Å². The maximum atomic E-state index is 6.29. The summed E-state index contributed by atoms with van der Waals surface area (Å²) in [6, 6.07) is 6.09. The zero-order valence-corrected chi connectivity index (χ0v) is 11.3. The quantitative estimate of drug-likeness (QED) is 0.605. The van der Waals surface area contributed by atoms with Crippen molar-refractivity contribution < 1.29 is 0 Å². The number of hydrogen-bond acceptors (Lipinski definition) is 3. The van der Waals surface area contributed by atoms with Gasteiger partial charge in [-0.15, -0.1) is 6.58 Å². The third-order valence-corrected chi connectivity index (χ3v) is 3.35. The van der Waals surface area contributed by atoms with E-state index in [9.17, 15) is 0 Å². The molecule has 2 aromatic rings. The monoisotopic (exact) mass is 255 g/mol. The van der Waals surface area contributed by atoms with Gasteiger partial charge in [-0.25, -0.2) is 0 Å². The van der Waals surface area contributed by atoms with Crippen LogP contribution < -0.4 is 5.73 Å². The van der Waals surface area contributed by atoms with Crippen molar-refractivity contribution >= 4 is 11.0 Å². The van der Waals surface area contributed by atoms with Crippen LogP contribution in [0.15, 0.2) is 43.2 Å². The molecule has 1 atom stereocenters. The lowest BCUT2D eigenvalue weighted by Crippen LogP contribution is -2.11. The van der Waals surface area contributed by atoms with Crippen LogP contribution in [-0.4, -0.2) is 9.97 Å². The first-order valence-corrected chi connectivity index (χ1v) is 6.89. The van der Waals surface area contributed by atoms with Gasteiger partial charge >= 0.3 is 0 Å². The number of nitrogens with zero attached hydrogens (tertiary/aromatic N) is 2. The van der Waals surface area contributed by atoms with E-state index in [4.69, 9.17) is 5.73 Å². The largest absolute Gasteiger partial charge is 0.324 e. The zero-order valence-electron chi connectivity index (χ0n) is 11.3. The van der Waals surface area contributed by atoms with E-state index >= 15 is 0 Å². The van der Waals surface area contributed by atoms with Crippen LogP contribution in [0.2, 0.25) is 0 Å². The van der Waals surface area contributed by atoms with Crippen molar-refractivity contribution in [3.8, 4) is 0 Å². The summed E-state index contributed by atoms with van der Waals surface area (Å²) < 4.78 is 0. The smallest absolute Gasteiger partial charge is 0.0934 e. The first-order valence-electron chi connectivity index (χ1n) is 6.89. The standard InChI is InChI=1S/C16H21N3/c1-2-3-4-5-6-9-14(17)13-8-7-10-15-16(13)19-12-11-18-15/h2,7-8,10-12,14H,1,3-6,9,17H2. The maximum Gasteiger partial charge on any atom is 0.0934 e. The van der Waals surface area contributed by atoms with E-state index in [1.54, 1.807) is 12.4 Å². The van der Waals surface area contributed by atoms with E-state index in [-0.39, 0.29) is 6.04 Å². The minimum atomic E-state index is 0.0455. The Labute approximate surface area is 114 Å². The normalized spacial score (nSPS) is 12.5. The SMILES string of the molecule is C=CCCCCCC(N)c1cccc2nccnc12. The fourth-order valence-electron chi connectivity index (χ4n) is 2.30. The molecule has 0 aliphatic heterocycles. The summed E-state index contributed by atoms with van der Waals surface area (Å²) in [4.78, 5) is 8.72. The van der Waals surface area contributed by atoms with E-state index in [2.05, 4.69) is 22.6 Å². The lowest BCUT2D eigenvalue weighted by atomic mass is 9.99. The molecule has 0 radical (unpaired) electrons. The number of allylic oxidation sites excluding steroid dienone is 1. The molecule has 2 rings (SSSR count). The van der Waals surface area contributed by atoms with Crippen LogP contribution in [0.3, 0.4) is 0 Å². The van der Waals surface area contributed by atoms with Crippen molar-refractivity contribution in [1.82, 2.24) is 9.97 Å². The molecular formula is C16H21N3. The van der Waals surface area contributed by atoms with Crippen molar-refractivity contribution in [2.45, 2.75) is 38.1 Å². The number of rotatable bonds is 7. The molecule has 0 aliphatic carbocycles. The van der Waals surface area contributed by atoms with Crippen LogP contribution >= 0.6 is 0 Å². The van der Waals surface area contributed by atoms with Gasteiger partial charge in [-0.05, 0) is 30.9 Å². The second kappa shape index (κ2) is 7.00. The molecule has 1 aromatic carbocycles. The van der Waals surface area contributed by atoms with Crippen molar-refractivity contribution in [3.63, 3.8) is 0 Å². The molecule has 1 unspecified atom stereocenters. The van der Waals surface area contributed by atoms with Crippen molar-refractivity contribution in [1.29, 1.82) is 0 Å². The van der Waals surface area contributed by atoms with E-state index < -0.39 is 0 Å². The number of fused-ring (bicyclic) bond motifs is 1. The molecule has 3 heteroatoms. The van der Waals surface area contributed by atoms with Crippen molar-refractivity contribution in [3.05, 3.63) is 48.8 Å². The fraction of sp³-hybridized carbons (Fsp3) is 0.375. The molecule has 0 saturated heterocycles. The lowest BCUT2D eigenvalue weighted by Gasteiger charge is -2.13. The van der Waals surface area contributed by atoms with Gasteiger partial charge in [0.25, 0.3) is 0 Å². The van der Waals surface area contributed by atoms with Gasteiger partial charge in [-0.2, -0.15) is 0 Å². The van der Waals surface area contributed by atoms with E-state index in [0.29, 0.717) is 0 Å².